The Labute approximate surface area is 110 Å². The van der Waals surface area contributed by atoms with Crippen LogP contribution in [0.1, 0.15) is 4.88 Å². The predicted molar refractivity (Wildman–Crippen MR) is 70.8 cm³/mol. The minimum Gasteiger partial charge on any atom is -0.381 e. The van der Waals surface area contributed by atoms with E-state index in [1.807, 2.05) is 17.5 Å². The Kier molecular flexibility index (Phi) is 3.69. The van der Waals surface area contributed by atoms with Crippen molar-refractivity contribution in [2.24, 2.45) is 7.05 Å². The van der Waals surface area contributed by atoms with Gasteiger partial charge in [-0.05, 0) is 17.9 Å². The number of thiophene rings is 1. The summed E-state index contributed by atoms with van der Waals surface area (Å²) in [4.78, 5) is 4.90. The number of rotatable bonds is 5. The molecule has 0 fully saturated rings. The second-order valence-corrected chi connectivity index (χ2v) is 6.49. The summed E-state index contributed by atoms with van der Waals surface area (Å²) in [7, 11) is -2.01. The number of sulfonamides is 1. The Morgan fingerprint density at radius 2 is 2.33 bits per heavy atom. The first-order valence-corrected chi connectivity index (χ1v) is 7.66. The van der Waals surface area contributed by atoms with Crippen molar-refractivity contribution >= 4 is 27.2 Å². The molecule has 0 saturated carbocycles. The molecule has 2 aromatic rings. The van der Waals surface area contributed by atoms with Crippen molar-refractivity contribution in [1.82, 2.24) is 14.3 Å². The van der Waals surface area contributed by atoms with Gasteiger partial charge in [-0.25, -0.2) is 18.1 Å². The van der Waals surface area contributed by atoms with E-state index in [2.05, 4.69) is 9.71 Å². The number of imidazole rings is 1. The molecule has 3 N–H and O–H groups in total. The molecule has 0 aliphatic heterocycles. The van der Waals surface area contributed by atoms with Crippen LogP contribution in [0.2, 0.25) is 0 Å². The lowest BCUT2D eigenvalue weighted by Crippen LogP contribution is -2.28. The van der Waals surface area contributed by atoms with Crippen LogP contribution in [0, 0.1) is 0 Å². The standard InChI is InChI=1S/C10H14N4O2S2/c1-14-7-12-9(11)10(14)18(15,16)13-5-4-8-3-2-6-17-8/h2-3,6-7,13H,4-5,11H2,1H3. The van der Waals surface area contributed by atoms with Crippen LogP contribution in [0.3, 0.4) is 0 Å². The number of aromatic nitrogens is 2. The second kappa shape index (κ2) is 5.09. The summed E-state index contributed by atoms with van der Waals surface area (Å²) < 4.78 is 27.9. The highest BCUT2D eigenvalue weighted by atomic mass is 32.2. The van der Waals surface area contributed by atoms with Gasteiger partial charge in [0.05, 0.1) is 6.33 Å². The molecule has 2 aromatic heterocycles. The van der Waals surface area contributed by atoms with E-state index in [0.717, 1.165) is 4.88 Å². The average Bonchev–Trinajstić information content (AvgIpc) is 2.89. The number of hydrogen-bond acceptors (Lipinski definition) is 5. The van der Waals surface area contributed by atoms with Gasteiger partial charge in [0.25, 0.3) is 10.0 Å². The largest absolute Gasteiger partial charge is 0.381 e. The Bertz CT molecular complexity index is 597. The normalized spacial score (nSPS) is 11.8. The molecular formula is C10H14N4O2S2. The van der Waals surface area contributed by atoms with Crippen LogP contribution < -0.4 is 10.5 Å². The molecule has 18 heavy (non-hydrogen) atoms. The van der Waals surface area contributed by atoms with E-state index in [1.165, 1.54) is 10.9 Å². The number of hydrogen-bond donors (Lipinski definition) is 2. The van der Waals surface area contributed by atoms with E-state index >= 15 is 0 Å². The maximum Gasteiger partial charge on any atom is 0.260 e. The average molecular weight is 286 g/mol. The minimum absolute atomic E-state index is 0.00804. The zero-order chi connectivity index (χ0) is 13.2. The summed E-state index contributed by atoms with van der Waals surface area (Å²) in [5.74, 6) is 0.0149. The lowest BCUT2D eigenvalue weighted by atomic mass is 10.3. The first-order chi connectivity index (χ1) is 8.50. The Morgan fingerprint density at radius 3 is 2.89 bits per heavy atom. The molecular weight excluding hydrogens is 272 g/mol. The van der Waals surface area contributed by atoms with Gasteiger partial charge in [-0.1, -0.05) is 6.07 Å². The number of nitrogens with one attached hydrogen (secondary N) is 1. The molecule has 0 unspecified atom stereocenters. The third-order valence-electron chi connectivity index (χ3n) is 2.41. The minimum atomic E-state index is -3.60. The van der Waals surface area contributed by atoms with Gasteiger partial charge < -0.3 is 10.3 Å². The molecule has 0 radical (unpaired) electrons. The van der Waals surface area contributed by atoms with Crippen LogP contribution in [0.4, 0.5) is 5.82 Å². The fraction of sp³-hybridized carbons (Fsp3) is 0.300. The highest BCUT2D eigenvalue weighted by Gasteiger charge is 2.21. The smallest absolute Gasteiger partial charge is 0.260 e. The molecule has 98 valence electrons. The lowest BCUT2D eigenvalue weighted by Gasteiger charge is -2.07. The molecule has 0 spiro atoms. The summed E-state index contributed by atoms with van der Waals surface area (Å²) in [6, 6.07) is 3.91. The zero-order valence-electron chi connectivity index (χ0n) is 9.83. The molecule has 0 aliphatic rings. The molecule has 0 saturated heterocycles. The topological polar surface area (TPSA) is 90.0 Å². The quantitative estimate of drug-likeness (QED) is 0.841. The number of nitrogens with two attached hydrogens (primary N) is 1. The van der Waals surface area contributed by atoms with Gasteiger partial charge in [0.15, 0.2) is 10.8 Å². The van der Waals surface area contributed by atoms with E-state index in [-0.39, 0.29) is 10.8 Å². The van der Waals surface area contributed by atoms with E-state index in [0.29, 0.717) is 13.0 Å². The fourth-order valence-electron chi connectivity index (χ4n) is 1.60. The summed E-state index contributed by atoms with van der Waals surface area (Å²) in [6.07, 6.45) is 2.04. The zero-order valence-corrected chi connectivity index (χ0v) is 11.5. The summed E-state index contributed by atoms with van der Waals surface area (Å²) in [5.41, 5.74) is 5.54. The maximum absolute atomic E-state index is 12.0. The van der Waals surface area contributed by atoms with Crippen LogP contribution >= 0.6 is 11.3 Å². The molecule has 0 aliphatic carbocycles. The highest BCUT2D eigenvalue weighted by molar-refractivity contribution is 7.89. The summed E-state index contributed by atoms with van der Waals surface area (Å²) >= 11 is 1.60. The van der Waals surface area contributed by atoms with Gasteiger partial charge >= 0.3 is 0 Å². The van der Waals surface area contributed by atoms with Crippen molar-refractivity contribution in [1.29, 1.82) is 0 Å². The molecule has 2 heterocycles. The van der Waals surface area contributed by atoms with E-state index in [9.17, 15) is 8.42 Å². The molecule has 6 nitrogen and oxygen atoms in total. The van der Waals surface area contributed by atoms with Gasteiger partial charge in [0.1, 0.15) is 0 Å². The van der Waals surface area contributed by atoms with Crippen LogP contribution in [-0.4, -0.2) is 24.5 Å². The van der Waals surface area contributed by atoms with E-state index in [4.69, 9.17) is 5.73 Å². The van der Waals surface area contributed by atoms with Gasteiger partial charge in [-0.3, -0.25) is 0 Å². The molecule has 0 atom stereocenters. The number of nitrogen functional groups attached to an aromatic ring is 1. The molecule has 0 amide bonds. The Morgan fingerprint density at radius 1 is 1.56 bits per heavy atom. The fourth-order valence-corrected chi connectivity index (χ4v) is 3.57. The first kappa shape index (κ1) is 13.1. The third kappa shape index (κ3) is 2.71. The second-order valence-electron chi connectivity index (χ2n) is 3.77. The van der Waals surface area contributed by atoms with Gasteiger partial charge in [0, 0.05) is 18.5 Å². The van der Waals surface area contributed by atoms with Gasteiger partial charge in [-0.15, -0.1) is 11.3 Å². The number of aryl methyl sites for hydroxylation is 1. The predicted octanol–water partition coefficient (Wildman–Crippen LogP) is 0.585. The van der Waals surface area contributed by atoms with Crippen molar-refractivity contribution < 1.29 is 8.42 Å². The summed E-state index contributed by atoms with van der Waals surface area (Å²) in [5, 5.41) is 1.97. The Hall–Kier alpha value is -1.38. The lowest BCUT2D eigenvalue weighted by molar-refractivity contribution is 0.572. The first-order valence-electron chi connectivity index (χ1n) is 5.29. The molecule has 0 aromatic carbocycles. The van der Waals surface area contributed by atoms with Crippen LogP contribution in [-0.2, 0) is 23.5 Å². The highest BCUT2D eigenvalue weighted by Crippen LogP contribution is 2.15. The third-order valence-corrected chi connectivity index (χ3v) is 4.93. The van der Waals surface area contributed by atoms with Crippen LogP contribution in [0.25, 0.3) is 0 Å². The SMILES string of the molecule is Cn1cnc(N)c1S(=O)(=O)NCCc1cccs1. The molecule has 0 bridgehead atoms. The van der Waals surface area contributed by atoms with Crippen molar-refractivity contribution in [3.63, 3.8) is 0 Å². The maximum atomic E-state index is 12.0. The van der Waals surface area contributed by atoms with Crippen LogP contribution in [0.15, 0.2) is 28.9 Å². The van der Waals surface area contributed by atoms with Crippen molar-refractivity contribution in [2.75, 3.05) is 12.3 Å². The number of anilines is 1. The van der Waals surface area contributed by atoms with Gasteiger partial charge in [-0.2, -0.15) is 0 Å². The molecule has 2 rings (SSSR count). The monoisotopic (exact) mass is 286 g/mol. The number of nitrogens with zero attached hydrogens (tertiary/aromatic N) is 2. The Balaban J connectivity index is 2.04. The van der Waals surface area contributed by atoms with E-state index < -0.39 is 10.0 Å². The molecule has 8 heteroatoms. The van der Waals surface area contributed by atoms with Crippen molar-refractivity contribution in [3.8, 4) is 0 Å². The van der Waals surface area contributed by atoms with Crippen LogP contribution in [0.5, 0.6) is 0 Å². The van der Waals surface area contributed by atoms with Gasteiger partial charge in [0.2, 0.25) is 0 Å². The van der Waals surface area contributed by atoms with Crippen molar-refractivity contribution in [2.45, 2.75) is 11.4 Å². The summed E-state index contributed by atoms with van der Waals surface area (Å²) in [6.45, 7) is 0.341. The van der Waals surface area contributed by atoms with E-state index in [1.54, 1.807) is 18.4 Å². The van der Waals surface area contributed by atoms with Crippen molar-refractivity contribution in [3.05, 3.63) is 28.7 Å².